The Kier molecular flexibility index (Phi) is 5.84. The van der Waals surface area contributed by atoms with Gasteiger partial charge in [0.05, 0.1) is 18.9 Å². The number of morpholine rings is 1. The summed E-state index contributed by atoms with van der Waals surface area (Å²) in [6, 6.07) is 10.8. The molecule has 3 aliphatic heterocycles. The zero-order chi connectivity index (χ0) is 20.3. The van der Waals surface area contributed by atoms with Crippen LogP contribution in [0.1, 0.15) is 16.8 Å². The van der Waals surface area contributed by atoms with E-state index in [4.69, 9.17) is 14.7 Å². The number of benzene rings is 1. The topological polar surface area (TPSA) is 48.0 Å². The van der Waals surface area contributed by atoms with Crippen molar-refractivity contribution in [3.8, 4) is 0 Å². The quantitative estimate of drug-likeness (QED) is 0.762. The van der Waals surface area contributed by atoms with Gasteiger partial charge in [-0.1, -0.05) is 30.3 Å². The van der Waals surface area contributed by atoms with Crippen LogP contribution < -0.4 is 9.80 Å². The maximum Gasteiger partial charge on any atom is 0.227 e. The van der Waals surface area contributed by atoms with E-state index in [1.165, 1.54) is 16.8 Å². The molecule has 4 heterocycles. The van der Waals surface area contributed by atoms with E-state index in [-0.39, 0.29) is 0 Å². The molecule has 5 rings (SSSR count). The molecule has 7 nitrogen and oxygen atoms in total. The SMILES string of the molecule is CN1CCN(c2nc3c(c(N4CCOCC4)n2)CN(Cc2ccccc2)CC3)CC1. The Labute approximate surface area is 179 Å². The van der Waals surface area contributed by atoms with Crippen LogP contribution in [0, 0.1) is 0 Å². The van der Waals surface area contributed by atoms with Crippen molar-refractivity contribution >= 4 is 11.8 Å². The molecule has 2 fully saturated rings. The Morgan fingerprint density at radius 3 is 2.40 bits per heavy atom. The summed E-state index contributed by atoms with van der Waals surface area (Å²) in [7, 11) is 2.19. The maximum absolute atomic E-state index is 5.61. The predicted octanol–water partition coefficient (Wildman–Crippen LogP) is 1.62. The molecule has 1 aromatic heterocycles. The summed E-state index contributed by atoms with van der Waals surface area (Å²) in [5, 5.41) is 0. The molecule has 0 radical (unpaired) electrons. The van der Waals surface area contributed by atoms with Gasteiger partial charge in [-0.05, 0) is 12.6 Å². The van der Waals surface area contributed by atoms with Crippen molar-refractivity contribution in [2.45, 2.75) is 19.5 Å². The molecule has 0 saturated carbocycles. The summed E-state index contributed by atoms with van der Waals surface area (Å²) in [5.74, 6) is 2.05. The van der Waals surface area contributed by atoms with Gasteiger partial charge in [0.15, 0.2) is 0 Å². The van der Waals surface area contributed by atoms with Crippen LogP contribution >= 0.6 is 0 Å². The number of nitrogens with zero attached hydrogens (tertiary/aromatic N) is 6. The summed E-state index contributed by atoms with van der Waals surface area (Å²) in [5.41, 5.74) is 3.92. The molecule has 2 aromatic rings. The van der Waals surface area contributed by atoms with Gasteiger partial charge >= 0.3 is 0 Å². The van der Waals surface area contributed by atoms with E-state index in [2.05, 4.69) is 57.0 Å². The van der Waals surface area contributed by atoms with E-state index in [1.54, 1.807) is 0 Å². The second-order valence-corrected chi connectivity index (χ2v) is 8.61. The first-order valence-corrected chi connectivity index (χ1v) is 11.2. The predicted molar refractivity (Wildman–Crippen MR) is 119 cm³/mol. The van der Waals surface area contributed by atoms with Gasteiger partial charge in [0, 0.05) is 70.9 Å². The minimum atomic E-state index is 0.774. The zero-order valence-corrected chi connectivity index (χ0v) is 18.0. The summed E-state index contributed by atoms with van der Waals surface area (Å²) in [6.45, 7) is 10.4. The van der Waals surface area contributed by atoms with Crippen LogP contribution in [0.4, 0.5) is 11.8 Å². The van der Waals surface area contributed by atoms with Crippen LogP contribution in [-0.2, 0) is 24.2 Å². The maximum atomic E-state index is 5.61. The van der Waals surface area contributed by atoms with Gasteiger partial charge in [0.1, 0.15) is 5.82 Å². The first kappa shape index (κ1) is 19.7. The van der Waals surface area contributed by atoms with Gasteiger partial charge in [-0.3, -0.25) is 4.90 Å². The molecule has 2 saturated heterocycles. The third kappa shape index (κ3) is 4.29. The van der Waals surface area contributed by atoms with Crippen LogP contribution in [-0.4, -0.2) is 85.8 Å². The number of hydrogen-bond acceptors (Lipinski definition) is 7. The van der Waals surface area contributed by atoms with E-state index >= 15 is 0 Å². The average Bonchev–Trinajstić information content (AvgIpc) is 2.80. The van der Waals surface area contributed by atoms with E-state index < -0.39 is 0 Å². The van der Waals surface area contributed by atoms with Crippen molar-refractivity contribution in [2.75, 3.05) is 75.9 Å². The van der Waals surface area contributed by atoms with Crippen molar-refractivity contribution in [2.24, 2.45) is 0 Å². The van der Waals surface area contributed by atoms with Crippen molar-refractivity contribution < 1.29 is 4.74 Å². The van der Waals surface area contributed by atoms with Crippen molar-refractivity contribution in [1.82, 2.24) is 19.8 Å². The fraction of sp³-hybridized carbons (Fsp3) is 0.565. The average molecular weight is 409 g/mol. The molecular weight excluding hydrogens is 376 g/mol. The number of likely N-dealkylation sites (N-methyl/N-ethyl adjacent to an activating group) is 1. The number of fused-ring (bicyclic) bond motifs is 1. The highest BCUT2D eigenvalue weighted by molar-refractivity contribution is 5.54. The lowest BCUT2D eigenvalue weighted by Gasteiger charge is -2.37. The first-order chi connectivity index (χ1) is 14.8. The van der Waals surface area contributed by atoms with Crippen molar-refractivity contribution in [3.63, 3.8) is 0 Å². The van der Waals surface area contributed by atoms with Gasteiger partial charge < -0.3 is 19.4 Å². The molecule has 0 unspecified atom stereocenters. The minimum Gasteiger partial charge on any atom is -0.378 e. The van der Waals surface area contributed by atoms with Gasteiger partial charge in [-0.25, -0.2) is 4.98 Å². The van der Waals surface area contributed by atoms with Crippen LogP contribution in [0.2, 0.25) is 0 Å². The molecule has 0 atom stereocenters. The second kappa shape index (κ2) is 8.88. The Morgan fingerprint density at radius 1 is 0.867 bits per heavy atom. The summed E-state index contributed by atoms with van der Waals surface area (Å²) in [4.78, 5) is 19.9. The van der Waals surface area contributed by atoms with Crippen molar-refractivity contribution in [3.05, 3.63) is 47.2 Å². The lowest BCUT2D eigenvalue weighted by Crippen LogP contribution is -2.46. The van der Waals surface area contributed by atoms with Gasteiger partial charge in [-0.2, -0.15) is 4.98 Å². The molecular formula is C23H32N6O. The highest BCUT2D eigenvalue weighted by Gasteiger charge is 2.28. The Bertz CT molecular complexity index is 846. The molecule has 3 aliphatic rings. The second-order valence-electron chi connectivity index (χ2n) is 8.61. The third-order valence-electron chi connectivity index (χ3n) is 6.45. The number of piperazine rings is 1. The molecule has 0 N–H and O–H groups in total. The summed E-state index contributed by atoms with van der Waals surface area (Å²) < 4.78 is 5.61. The van der Waals surface area contributed by atoms with Gasteiger partial charge in [0.2, 0.25) is 5.95 Å². The first-order valence-electron chi connectivity index (χ1n) is 11.2. The highest BCUT2D eigenvalue weighted by atomic mass is 16.5. The monoisotopic (exact) mass is 408 g/mol. The number of ether oxygens (including phenoxy) is 1. The lowest BCUT2D eigenvalue weighted by atomic mass is 10.0. The van der Waals surface area contributed by atoms with Gasteiger partial charge in [-0.15, -0.1) is 0 Å². The number of hydrogen-bond donors (Lipinski definition) is 0. The Morgan fingerprint density at radius 2 is 1.63 bits per heavy atom. The Hall–Kier alpha value is -2.22. The fourth-order valence-corrected chi connectivity index (χ4v) is 4.60. The van der Waals surface area contributed by atoms with Crippen LogP contribution in [0.25, 0.3) is 0 Å². The van der Waals surface area contributed by atoms with E-state index in [0.29, 0.717) is 0 Å². The molecule has 0 aliphatic carbocycles. The van der Waals surface area contributed by atoms with Crippen LogP contribution in [0.15, 0.2) is 30.3 Å². The van der Waals surface area contributed by atoms with E-state index in [1.807, 2.05) is 0 Å². The number of aromatic nitrogens is 2. The Balaban J connectivity index is 1.43. The minimum absolute atomic E-state index is 0.774. The highest BCUT2D eigenvalue weighted by Crippen LogP contribution is 2.30. The molecule has 1 aromatic carbocycles. The molecule has 0 bridgehead atoms. The van der Waals surface area contributed by atoms with Crippen LogP contribution in [0.5, 0.6) is 0 Å². The largest absolute Gasteiger partial charge is 0.378 e. The fourth-order valence-electron chi connectivity index (χ4n) is 4.60. The van der Waals surface area contributed by atoms with Crippen LogP contribution in [0.3, 0.4) is 0 Å². The molecule has 7 heteroatoms. The van der Waals surface area contributed by atoms with E-state index in [0.717, 1.165) is 90.3 Å². The van der Waals surface area contributed by atoms with Crippen molar-refractivity contribution in [1.29, 1.82) is 0 Å². The third-order valence-corrected chi connectivity index (χ3v) is 6.45. The zero-order valence-electron chi connectivity index (χ0n) is 18.0. The standard InChI is InChI=1S/C23H32N6O/c1-26-9-11-29(12-10-26)23-24-21-7-8-27(17-19-5-3-2-4-6-19)18-20(21)22(25-23)28-13-15-30-16-14-28/h2-6H,7-18H2,1H3. The molecule has 0 spiro atoms. The van der Waals surface area contributed by atoms with Gasteiger partial charge in [0.25, 0.3) is 0 Å². The summed E-state index contributed by atoms with van der Waals surface area (Å²) in [6.07, 6.45) is 0.989. The summed E-state index contributed by atoms with van der Waals surface area (Å²) >= 11 is 0. The lowest BCUT2D eigenvalue weighted by molar-refractivity contribution is 0.122. The molecule has 30 heavy (non-hydrogen) atoms. The number of rotatable bonds is 4. The molecule has 160 valence electrons. The van der Waals surface area contributed by atoms with E-state index in [9.17, 15) is 0 Å². The smallest absolute Gasteiger partial charge is 0.227 e. The molecule has 0 amide bonds. The number of anilines is 2. The normalized spacial score (nSPS) is 21.0.